The van der Waals surface area contributed by atoms with Gasteiger partial charge in [-0.25, -0.2) is 22.3 Å². The van der Waals surface area contributed by atoms with Crippen LogP contribution >= 0.6 is 0 Å². The molecule has 25 heavy (non-hydrogen) atoms. The van der Waals surface area contributed by atoms with E-state index in [4.69, 9.17) is 5.14 Å². The summed E-state index contributed by atoms with van der Waals surface area (Å²) in [4.78, 5) is 11.7. The summed E-state index contributed by atoms with van der Waals surface area (Å²) >= 11 is 0. The van der Waals surface area contributed by atoms with Crippen molar-refractivity contribution in [1.82, 2.24) is 5.32 Å². The maximum atomic E-state index is 13.4. The van der Waals surface area contributed by atoms with Crippen molar-refractivity contribution in [3.05, 3.63) is 59.7 Å². The highest BCUT2D eigenvalue weighted by Gasteiger charge is 2.10. The van der Waals surface area contributed by atoms with E-state index in [0.717, 1.165) is 17.7 Å². The summed E-state index contributed by atoms with van der Waals surface area (Å²) in [7, 11) is -3.73. The first kappa shape index (κ1) is 18.8. The van der Waals surface area contributed by atoms with Gasteiger partial charge in [-0.1, -0.05) is 18.2 Å². The fourth-order valence-electron chi connectivity index (χ4n) is 2.09. The third kappa shape index (κ3) is 5.50. The predicted molar refractivity (Wildman–Crippen MR) is 89.4 cm³/mol. The van der Waals surface area contributed by atoms with Gasteiger partial charge in [0.1, 0.15) is 17.3 Å². The molecule has 0 saturated heterocycles. The van der Waals surface area contributed by atoms with Gasteiger partial charge in [0.05, 0.1) is 11.4 Å². The molecule has 2 aromatic carbocycles. The molecule has 0 aliphatic carbocycles. The lowest BCUT2D eigenvalue weighted by atomic mass is 10.1. The number of hydrogen-bond donors (Lipinski definition) is 3. The van der Waals surface area contributed by atoms with Crippen molar-refractivity contribution < 1.29 is 22.0 Å². The molecule has 0 saturated carbocycles. The molecule has 2 rings (SSSR count). The number of hydrogen-bond acceptors (Lipinski definition) is 4. The standard InChI is InChI=1S/C16H17F2N3O3S/c17-13-2-1-3-14(18)16(13)21-10-15(22)20-9-8-11-4-6-12(7-5-11)25(19,23)24/h1-7,21H,8-10H2,(H,20,22)(H2,19,23,24). The second kappa shape index (κ2) is 8.04. The molecule has 4 N–H and O–H groups in total. The molecule has 134 valence electrons. The van der Waals surface area contributed by atoms with Crippen LogP contribution in [0.1, 0.15) is 5.56 Å². The molecule has 2 aromatic rings. The Morgan fingerprint density at radius 3 is 2.20 bits per heavy atom. The normalized spacial score (nSPS) is 11.2. The lowest BCUT2D eigenvalue weighted by Crippen LogP contribution is -2.31. The van der Waals surface area contributed by atoms with Gasteiger partial charge in [0.25, 0.3) is 0 Å². The Balaban J connectivity index is 1.79. The van der Waals surface area contributed by atoms with Crippen LogP contribution in [-0.2, 0) is 21.2 Å². The number of sulfonamides is 1. The zero-order valence-electron chi connectivity index (χ0n) is 13.1. The van der Waals surface area contributed by atoms with Crippen molar-refractivity contribution in [3.63, 3.8) is 0 Å². The topological polar surface area (TPSA) is 101 Å². The van der Waals surface area contributed by atoms with Crippen LogP contribution in [0, 0.1) is 11.6 Å². The van der Waals surface area contributed by atoms with Gasteiger partial charge in [-0.3, -0.25) is 4.79 Å². The highest BCUT2D eigenvalue weighted by molar-refractivity contribution is 7.89. The van der Waals surface area contributed by atoms with Crippen molar-refractivity contribution in [2.75, 3.05) is 18.4 Å². The molecule has 0 radical (unpaired) electrons. The van der Waals surface area contributed by atoms with E-state index in [1.807, 2.05) is 0 Å². The van der Waals surface area contributed by atoms with Crippen molar-refractivity contribution in [2.24, 2.45) is 5.14 Å². The predicted octanol–water partition coefficient (Wildman–Crippen LogP) is 1.38. The van der Waals surface area contributed by atoms with Gasteiger partial charge in [0.2, 0.25) is 15.9 Å². The van der Waals surface area contributed by atoms with Gasteiger partial charge in [-0.05, 0) is 36.2 Å². The number of amides is 1. The average Bonchev–Trinajstić information content (AvgIpc) is 2.54. The monoisotopic (exact) mass is 369 g/mol. The largest absolute Gasteiger partial charge is 0.371 e. The van der Waals surface area contributed by atoms with Crippen molar-refractivity contribution in [3.8, 4) is 0 Å². The van der Waals surface area contributed by atoms with E-state index in [1.165, 1.54) is 18.2 Å². The van der Waals surface area contributed by atoms with Gasteiger partial charge in [0, 0.05) is 6.54 Å². The highest BCUT2D eigenvalue weighted by atomic mass is 32.2. The summed E-state index contributed by atoms with van der Waals surface area (Å²) in [6.07, 6.45) is 0.463. The number of nitrogens with one attached hydrogen (secondary N) is 2. The lowest BCUT2D eigenvalue weighted by Gasteiger charge is -2.09. The van der Waals surface area contributed by atoms with E-state index in [9.17, 15) is 22.0 Å². The Kier molecular flexibility index (Phi) is 6.05. The van der Waals surface area contributed by atoms with Crippen LogP contribution < -0.4 is 15.8 Å². The van der Waals surface area contributed by atoms with Crippen molar-refractivity contribution in [2.45, 2.75) is 11.3 Å². The third-order valence-corrected chi connectivity index (χ3v) is 4.31. The van der Waals surface area contributed by atoms with Crippen LogP contribution in [0.5, 0.6) is 0 Å². The summed E-state index contributed by atoms with van der Waals surface area (Å²) < 4.78 is 49.1. The van der Waals surface area contributed by atoms with E-state index in [0.29, 0.717) is 6.42 Å². The molecule has 9 heteroatoms. The summed E-state index contributed by atoms with van der Waals surface area (Å²) in [5.74, 6) is -1.98. The minimum Gasteiger partial charge on any atom is -0.371 e. The second-order valence-corrected chi connectivity index (χ2v) is 6.80. The highest BCUT2D eigenvalue weighted by Crippen LogP contribution is 2.17. The van der Waals surface area contributed by atoms with Crippen LogP contribution in [0.2, 0.25) is 0 Å². The summed E-state index contributed by atoms with van der Waals surface area (Å²) in [6, 6.07) is 9.38. The smallest absolute Gasteiger partial charge is 0.239 e. The molecule has 0 aromatic heterocycles. The summed E-state index contributed by atoms with van der Waals surface area (Å²) in [5.41, 5.74) is 0.456. The lowest BCUT2D eigenvalue weighted by molar-refractivity contribution is -0.119. The maximum Gasteiger partial charge on any atom is 0.239 e. The van der Waals surface area contributed by atoms with Gasteiger partial charge >= 0.3 is 0 Å². The van der Waals surface area contributed by atoms with Gasteiger partial charge in [0.15, 0.2) is 0 Å². The van der Waals surface area contributed by atoms with Crippen LogP contribution in [0.25, 0.3) is 0 Å². The Morgan fingerprint density at radius 1 is 1.04 bits per heavy atom. The molecule has 0 heterocycles. The fourth-order valence-corrected chi connectivity index (χ4v) is 2.61. The summed E-state index contributed by atoms with van der Waals surface area (Å²) in [6.45, 7) is 0.0111. The second-order valence-electron chi connectivity index (χ2n) is 5.24. The van der Waals surface area contributed by atoms with Crippen molar-refractivity contribution in [1.29, 1.82) is 0 Å². The van der Waals surface area contributed by atoms with Gasteiger partial charge in [-0.2, -0.15) is 0 Å². The summed E-state index contributed by atoms with van der Waals surface area (Å²) in [5, 5.41) is 10.0. The quantitative estimate of drug-likeness (QED) is 0.686. The average molecular weight is 369 g/mol. The van der Waals surface area contributed by atoms with E-state index in [2.05, 4.69) is 10.6 Å². The fraction of sp³-hybridized carbons (Fsp3) is 0.188. The zero-order chi connectivity index (χ0) is 18.4. The SMILES string of the molecule is NS(=O)(=O)c1ccc(CCNC(=O)CNc2c(F)cccc2F)cc1. The first-order valence-corrected chi connectivity index (χ1v) is 8.88. The first-order chi connectivity index (χ1) is 11.8. The van der Waals surface area contributed by atoms with E-state index in [1.54, 1.807) is 12.1 Å². The molecule has 1 amide bonds. The zero-order valence-corrected chi connectivity index (χ0v) is 13.9. The Morgan fingerprint density at radius 2 is 1.64 bits per heavy atom. The molecule has 0 fully saturated rings. The minimum absolute atomic E-state index is 0.0106. The number of para-hydroxylation sites is 1. The molecular weight excluding hydrogens is 352 g/mol. The molecule has 0 bridgehead atoms. The molecule has 0 aliphatic rings. The van der Waals surface area contributed by atoms with Gasteiger partial charge in [-0.15, -0.1) is 0 Å². The van der Waals surface area contributed by atoms with E-state index in [-0.39, 0.29) is 23.7 Å². The number of carbonyl (C=O) groups is 1. The Bertz CT molecular complexity index is 835. The number of carbonyl (C=O) groups excluding carboxylic acids is 1. The van der Waals surface area contributed by atoms with Gasteiger partial charge < -0.3 is 10.6 Å². The van der Waals surface area contributed by atoms with Crippen molar-refractivity contribution >= 4 is 21.6 Å². The Hall–Kier alpha value is -2.52. The minimum atomic E-state index is -3.73. The molecular formula is C16H17F2N3O3S. The molecule has 0 unspecified atom stereocenters. The number of nitrogens with two attached hydrogens (primary N) is 1. The maximum absolute atomic E-state index is 13.4. The van der Waals surface area contributed by atoms with Crippen LogP contribution in [-0.4, -0.2) is 27.4 Å². The number of anilines is 1. The molecule has 0 spiro atoms. The molecule has 0 aliphatic heterocycles. The van der Waals surface area contributed by atoms with E-state index >= 15 is 0 Å². The van der Waals surface area contributed by atoms with E-state index < -0.39 is 27.6 Å². The molecule has 6 nitrogen and oxygen atoms in total. The van der Waals surface area contributed by atoms with Crippen LogP contribution in [0.3, 0.4) is 0 Å². The first-order valence-electron chi connectivity index (χ1n) is 7.33. The van der Waals surface area contributed by atoms with Crippen LogP contribution in [0.15, 0.2) is 47.4 Å². The third-order valence-electron chi connectivity index (χ3n) is 3.38. The molecule has 0 atom stereocenters. The number of rotatable bonds is 7. The Labute approximate surface area is 144 Å². The van der Waals surface area contributed by atoms with Crippen LogP contribution in [0.4, 0.5) is 14.5 Å². The number of primary sulfonamides is 1. The number of benzene rings is 2. The number of halogens is 2.